The molecule has 0 radical (unpaired) electrons. The van der Waals surface area contributed by atoms with Crippen LogP contribution in [0.25, 0.3) is 10.9 Å². The fourth-order valence-electron chi connectivity index (χ4n) is 2.38. The number of hydrogen-bond acceptors (Lipinski definition) is 4. The molecular formula is C18H18FN3O3. The lowest BCUT2D eigenvalue weighted by Gasteiger charge is -2.10. The Labute approximate surface area is 143 Å². The molecule has 1 heterocycles. The zero-order valence-electron chi connectivity index (χ0n) is 13.5. The van der Waals surface area contributed by atoms with Gasteiger partial charge in [-0.2, -0.15) is 0 Å². The minimum absolute atomic E-state index is 0.239. The Morgan fingerprint density at radius 2 is 2.00 bits per heavy atom. The van der Waals surface area contributed by atoms with Crippen LogP contribution in [0.15, 0.2) is 47.3 Å². The highest BCUT2D eigenvalue weighted by molar-refractivity contribution is 5.79. The van der Waals surface area contributed by atoms with Crippen molar-refractivity contribution in [2.45, 2.75) is 13.5 Å². The molecule has 0 unspecified atom stereocenters. The Morgan fingerprint density at radius 3 is 2.72 bits per heavy atom. The van der Waals surface area contributed by atoms with Crippen molar-refractivity contribution in [2.75, 3.05) is 11.1 Å². The second-order valence-corrected chi connectivity index (χ2v) is 5.37. The number of pyridine rings is 1. The number of fused-ring (bicyclic) bond motifs is 1. The lowest BCUT2D eigenvalue weighted by molar-refractivity contribution is -0.122. The monoisotopic (exact) mass is 343 g/mol. The topological polar surface area (TPSA) is 108 Å². The number of halogens is 1. The molecular weight excluding hydrogens is 325 g/mol. The van der Waals surface area contributed by atoms with E-state index < -0.39 is 0 Å². The van der Waals surface area contributed by atoms with E-state index in [-0.39, 0.29) is 24.4 Å². The SMILES string of the molecule is Cc1ccc(N)c(NCc2cc3c(F)cccc3[nH]c2=O)c1.O=CO. The van der Waals surface area contributed by atoms with Gasteiger partial charge in [-0.1, -0.05) is 12.1 Å². The molecule has 0 aliphatic rings. The number of benzene rings is 2. The summed E-state index contributed by atoms with van der Waals surface area (Å²) in [7, 11) is 0. The first-order chi connectivity index (χ1) is 12.0. The second kappa shape index (κ2) is 7.96. The number of rotatable bonds is 3. The molecule has 2 aromatic carbocycles. The van der Waals surface area contributed by atoms with Crippen molar-refractivity contribution in [3.05, 3.63) is 69.8 Å². The molecule has 0 bridgehead atoms. The normalized spacial score (nSPS) is 10.0. The molecule has 3 rings (SSSR count). The quantitative estimate of drug-likeness (QED) is 0.432. The van der Waals surface area contributed by atoms with Gasteiger partial charge in [0, 0.05) is 17.5 Å². The average molecular weight is 343 g/mol. The molecule has 0 atom stereocenters. The molecule has 0 aliphatic heterocycles. The third-order valence-corrected chi connectivity index (χ3v) is 3.59. The summed E-state index contributed by atoms with van der Waals surface area (Å²) in [6.45, 7) is 1.98. The zero-order valence-corrected chi connectivity index (χ0v) is 13.5. The zero-order chi connectivity index (χ0) is 18.4. The maximum atomic E-state index is 13.8. The lowest BCUT2D eigenvalue weighted by Crippen LogP contribution is -2.16. The Balaban J connectivity index is 0.000000701. The average Bonchev–Trinajstić information content (AvgIpc) is 2.57. The molecule has 3 aromatic rings. The number of nitrogens with one attached hydrogen (secondary N) is 2. The highest BCUT2D eigenvalue weighted by Gasteiger charge is 2.07. The molecule has 1 aromatic heterocycles. The van der Waals surface area contributed by atoms with E-state index in [0.717, 1.165) is 11.3 Å². The third kappa shape index (κ3) is 4.35. The first kappa shape index (κ1) is 18.0. The Kier molecular flexibility index (Phi) is 5.73. The number of anilines is 2. The first-order valence-electron chi connectivity index (χ1n) is 7.44. The Morgan fingerprint density at radius 1 is 1.28 bits per heavy atom. The number of carboxylic acid groups (broad SMARTS) is 1. The predicted octanol–water partition coefficient (Wildman–Crippen LogP) is 2.87. The van der Waals surface area contributed by atoms with Crippen molar-refractivity contribution in [1.82, 2.24) is 4.98 Å². The summed E-state index contributed by atoms with van der Waals surface area (Å²) in [5, 5.41) is 10.4. The lowest BCUT2D eigenvalue weighted by atomic mass is 10.1. The van der Waals surface area contributed by atoms with E-state index in [9.17, 15) is 9.18 Å². The van der Waals surface area contributed by atoms with Crippen molar-refractivity contribution >= 4 is 28.7 Å². The van der Waals surface area contributed by atoms with Crippen LogP contribution in [0.3, 0.4) is 0 Å². The minimum atomic E-state index is -0.356. The number of nitrogen functional groups attached to an aromatic ring is 1. The molecule has 0 saturated heterocycles. The van der Waals surface area contributed by atoms with E-state index in [4.69, 9.17) is 15.6 Å². The largest absolute Gasteiger partial charge is 0.483 e. The molecule has 6 nitrogen and oxygen atoms in total. The molecule has 7 heteroatoms. The van der Waals surface area contributed by atoms with Gasteiger partial charge in [0.2, 0.25) is 0 Å². The number of carbonyl (C=O) groups is 1. The second-order valence-electron chi connectivity index (χ2n) is 5.37. The van der Waals surface area contributed by atoms with Crippen molar-refractivity contribution in [3.63, 3.8) is 0 Å². The molecule has 130 valence electrons. The van der Waals surface area contributed by atoms with Crippen LogP contribution < -0.4 is 16.6 Å². The van der Waals surface area contributed by atoms with Crippen molar-refractivity contribution in [2.24, 2.45) is 0 Å². The van der Waals surface area contributed by atoms with Crippen molar-refractivity contribution < 1.29 is 14.3 Å². The summed E-state index contributed by atoms with van der Waals surface area (Å²) in [6.07, 6.45) is 0. The van der Waals surface area contributed by atoms with Gasteiger partial charge in [0.25, 0.3) is 12.0 Å². The van der Waals surface area contributed by atoms with Gasteiger partial charge in [0.15, 0.2) is 0 Å². The van der Waals surface area contributed by atoms with Gasteiger partial charge < -0.3 is 21.1 Å². The summed E-state index contributed by atoms with van der Waals surface area (Å²) in [5.41, 5.74) is 9.03. The molecule has 5 N–H and O–H groups in total. The number of aromatic amines is 1. The van der Waals surface area contributed by atoms with Gasteiger partial charge >= 0.3 is 0 Å². The fourth-order valence-corrected chi connectivity index (χ4v) is 2.38. The van der Waals surface area contributed by atoms with Crippen LogP contribution >= 0.6 is 0 Å². The van der Waals surface area contributed by atoms with Crippen LogP contribution in [0.5, 0.6) is 0 Å². The highest BCUT2D eigenvalue weighted by atomic mass is 19.1. The standard InChI is InChI=1S/C17H16FN3O.CH2O2/c1-10-5-6-14(19)16(7-10)20-9-11-8-12-13(18)3-2-4-15(12)21-17(11)22;2-1-3/h2-8,20H,9,19H2,1H3,(H,21,22);1H,(H,2,3). The van der Waals surface area contributed by atoms with Gasteiger partial charge in [-0.15, -0.1) is 0 Å². The van der Waals surface area contributed by atoms with E-state index >= 15 is 0 Å². The minimum Gasteiger partial charge on any atom is -0.483 e. The van der Waals surface area contributed by atoms with Gasteiger partial charge in [-0.25, -0.2) is 4.39 Å². The van der Waals surface area contributed by atoms with Crippen LogP contribution in [0, 0.1) is 12.7 Å². The highest BCUT2D eigenvalue weighted by Crippen LogP contribution is 2.21. The van der Waals surface area contributed by atoms with Crippen LogP contribution in [-0.4, -0.2) is 16.6 Å². The van der Waals surface area contributed by atoms with Gasteiger partial charge in [0.1, 0.15) is 5.82 Å². The van der Waals surface area contributed by atoms with Crippen LogP contribution in [-0.2, 0) is 11.3 Å². The number of H-pyrrole nitrogens is 1. The number of nitrogens with two attached hydrogens (primary N) is 1. The van der Waals surface area contributed by atoms with Gasteiger partial charge in [-0.3, -0.25) is 9.59 Å². The Bertz CT molecular complexity index is 954. The van der Waals surface area contributed by atoms with Crippen molar-refractivity contribution in [3.8, 4) is 0 Å². The van der Waals surface area contributed by atoms with Crippen LogP contribution in [0.1, 0.15) is 11.1 Å². The first-order valence-corrected chi connectivity index (χ1v) is 7.44. The summed E-state index contributed by atoms with van der Waals surface area (Å²) < 4.78 is 13.8. The summed E-state index contributed by atoms with van der Waals surface area (Å²) in [5.74, 6) is -0.356. The van der Waals surface area contributed by atoms with Gasteiger partial charge in [-0.05, 0) is 42.8 Å². The van der Waals surface area contributed by atoms with E-state index in [2.05, 4.69) is 10.3 Å². The smallest absolute Gasteiger partial charge is 0.290 e. The van der Waals surface area contributed by atoms with Crippen LogP contribution in [0.4, 0.5) is 15.8 Å². The Hall–Kier alpha value is -3.35. The molecule has 25 heavy (non-hydrogen) atoms. The van der Waals surface area contributed by atoms with E-state index in [0.29, 0.717) is 22.2 Å². The van der Waals surface area contributed by atoms with Crippen molar-refractivity contribution in [1.29, 1.82) is 0 Å². The van der Waals surface area contributed by atoms with E-state index in [1.165, 1.54) is 6.07 Å². The molecule has 0 saturated carbocycles. The molecule has 0 aliphatic carbocycles. The summed E-state index contributed by atoms with van der Waals surface area (Å²) in [6, 6.07) is 11.8. The predicted molar refractivity (Wildman–Crippen MR) is 96.1 cm³/mol. The van der Waals surface area contributed by atoms with Gasteiger partial charge in [0.05, 0.1) is 16.9 Å². The number of aromatic nitrogens is 1. The van der Waals surface area contributed by atoms with E-state index in [1.807, 2.05) is 25.1 Å². The number of aryl methyl sites for hydroxylation is 1. The third-order valence-electron chi connectivity index (χ3n) is 3.59. The molecule has 0 fully saturated rings. The molecule has 0 amide bonds. The maximum Gasteiger partial charge on any atom is 0.290 e. The number of hydrogen-bond donors (Lipinski definition) is 4. The fraction of sp³-hybridized carbons (Fsp3) is 0.111. The summed E-state index contributed by atoms with van der Waals surface area (Å²) >= 11 is 0. The molecule has 0 spiro atoms. The maximum absolute atomic E-state index is 13.8. The van der Waals surface area contributed by atoms with E-state index in [1.54, 1.807) is 18.2 Å². The van der Waals surface area contributed by atoms with Crippen LogP contribution in [0.2, 0.25) is 0 Å². The summed E-state index contributed by atoms with van der Waals surface area (Å²) in [4.78, 5) is 23.1.